The fourth-order valence-electron chi connectivity index (χ4n) is 8.78. The highest BCUT2D eigenvalue weighted by atomic mass is 16.3. The molecule has 10 rings (SSSR count). The SMILES string of the molecule is [2H]C([2H])([2H])c1cc(-c2c(-c3ccccc3)cccc2C(C)(C)C)ccc1-n1c(-c2ccccc2O)nc2c(-c3cc(-c4ccccc4)cc(-c4cc(-c5ccccc5)ccn4)c3)cccc21. The molecule has 0 saturated heterocycles. The molecule has 0 aliphatic rings. The largest absolute Gasteiger partial charge is 0.507 e. The molecule has 2 heterocycles. The maximum Gasteiger partial charge on any atom is 0.149 e. The summed E-state index contributed by atoms with van der Waals surface area (Å²) in [6, 6.07) is 66.7. The first-order valence-electron chi connectivity index (χ1n) is 22.8. The Balaban J connectivity index is 1.22. The summed E-state index contributed by atoms with van der Waals surface area (Å²) < 4.78 is 29.2. The van der Waals surface area contributed by atoms with E-state index in [9.17, 15) is 5.11 Å². The zero-order valence-electron chi connectivity index (χ0n) is 38.4. The summed E-state index contributed by atoms with van der Waals surface area (Å²) in [5.74, 6) is 0.456. The minimum atomic E-state index is -2.53. The third-order valence-electron chi connectivity index (χ3n) is 11.8. The van der Waals surface area contributed by atoms with Gasteiger partial charge in [-0.05, 0) is 134 Å². The van der Waals surface area contributed by atoms with Crippen molar-refractivity contribution in [3.8, 4) is 89.7 Å². The third kappa shape index (κ3) is 7.51. The smallest absolute Gasteiger partial charge is 0.149 e. The minimum Gasteiger partial charge on any atom is -0.507 e. The van der Waals surface area contributed by atoms with Crippen molar-refractivity contribution in [1.82, 2.24) is 14.5 Å². The second-order valence-electron chi connectivity index (χ2n) is 17.0. The fraction of sp³-hybridized carbons (Fsp3) is 0.0847. The number of hydrogen-bond acceptors (Lipinski definition) is 3. The van der Waals surface area contributed by atoms with Crippen molar-refractivity contribution in [1.29, 1.82) is 0 Å². The number of pyridine rings is 1. The Morgan fingerprint density at radius 1 is 0.492 bits per heavy atom. The van der Waals surface area contributed by atoms with Gasteiger partial charge < -0.3 is 5.11 Å². The van der Waals surface area contributed by atoms with Crippen LogP contribution in [0, 0.1) is 6.85 Å². The summed E-state index contributed by atoms with van der Waals surface area (Å²) in [6.07, 6.45) is 1.85. The standard InChI is InChI=1S/C59H47N3O/c1-39-34-44(56-48(42-22-12-7-13-23-42)25-16-27-51(56)59(2,3)4)30-31-53(39)62-54-28-17-26-49(57(54)61-58(62)50-24-14-15-29-55(50)63)46-35-45(41-20-10-6-11-21-41)36-47(37-46)52-38-43(32-33-60-52)40-18-8-5-9-19-40/h5-38,63H,1-4H3/i1D3. The van der Waals surface area contributed by atoms with E-state index in [0.717, 1.165) is 72.5 Å². The summed E-state index contributed by atoms with van der Waals surface area (Å²) in [6.45, 7) is 4.03. The van der Waals surface area contributed by atoms with Crippen LogP contribution < -0.4 is 0 Å². The normalized spacial score (nSPS) is 12.5. The van der Waals surface area contributed by atoms with Crippen molar-refractivity contribution in [3.63, 3.8) is 0 Å². The van der Waals surface area contributed by atoms with Gasteiger partial charge >= 0.3 is 0 Å². The first kappa shape index (κ1) is 35.9. The van der Waals surface area contributed by atoms with Crippen molar-refractivity contribution in [2.75, 3.05) is 0 Å². The van der Waals surface area contributed by atoms with E-state index in [2.05, 4.69) is 106 Å². The number of rotatable bonds is 8. The maximum atomic E-state index is 11.5. The van der Waals surface area contributed by atoms with Gasteiger partial charge in [0.2, 0.25) is 0 Å². The number of fused-ring (bicyclic) bond motifs is 1. The molecule has 0 radical (unpaired) electrons. The number of phenolic OH excluding ortho intramolecular Hbond substituents is 1. The molecule has 0 atom stereocenters. The summed E-state index contributed by atoms with van der Waals surface area (Å²) in [4.78, 5) is 10.2. The molecule has 4 heteroatoms. The van der Waals surface area contributed by atoms with Crippen molar-refractivity contribution < 1.29 is 9.22 Å². The highest BCUT2D eigenvalue weighted by Gasteiger charge is 2.25. The summed E-state index contributed by atoms with van der Waals surface area (Å²) in [5.41, 5.74) is 14.9. The number of phenols is 1. The first-order valence-corrected chi connectivity index (χ1v) is 21.3. The van der Waals surface area contributed by atoms with Crippen molar-refractivity contribution >= 4 is 11.0 Å². The van der Waals surface area contributed by atoms with Crippen LogP contribution in [0.1, 0.15) is 36.0 Å². The van der Waals surface area contributed by atoms with Gasteiger partial charge in [-0.1, -0.05) is 160 Å². The molecule has 4 nitrogen and oxygen atoms in total. The summed E-state index contributed by atoms with van der Waals surface area (Å²) in [7, 11) is 0. The van der Waals surface area contributed by atoms with E-state index in [1.54, 1.807) is 12.1 Å². The molecule has 63 heavy (non-hydrogen) atoms. The van der Waals surface area contributed by atoms with Crippen LogP contribution in [0.2, 0.25) is 0 Å². The first-order chi connectivity index (χ1) is 31.9. The quantitative estimate of drug-likeness (QED) is 0.166. The molecule has 0 spiro atoms. The summed E-state index contributed by atoms with van der Waals surface area (Å²) >= 11 is 0. The van der Waals surface area contributed by atoms with Crippen LogP contribution in [0.25, 0.3) is 95.0 Å². The lowest BCUT2D eigenvalue weighted by Crippen LogP contribution is -2.13. The lowest BCUT2D eigenvalue weighted by Gasteiger charge is -2.26. The molecular formula is C59H47N3O. The van der Waals surface area contributed by atoms with E-state index in [0.29, 0.717) is 28.1 Å². The number of aryl methyl sites for hydroxylation is 1. The van der Waals surface area contributed by atoms with Crippen LogP contribution in [-0.4, -0.2) is 19.6 Å². The average molecular weight is 817 g/mol. The number of aromatic nitrogens is 3. The number of nitrogens with zero attached hydrogens (tertiary/aromatic N) is 3. The maximum absolute atomic E-state index is 11.5. The van der Waals surface area contributed by atoms with Crippen LogP contribution in [0.5, 0.6) is 5.75 Å². The zero-order valence-corrected chi connectivity index (χ0v) is 35.4. The van der Waals surface area contributed by atoms with Crippen LogP contribution in [0.4, 0.5) is 0 Å². The molecule has 0 fully saturated rings. The second kappa shape index (κ2) is 16.2. The van der Waals surface area contributed by atoms with Crippen LogP contribution >= 0.6 is 0 Å². The van der Waals surface area contributed by atoms with Gasteiger partial charge in [0.25, 0.3) is 0 Å². The summed E-state index contributed by atoms with van der Waals surface area (Å²) in [5, 5.41) is 11.5. The molecular weight excluding hydrogens is 767 g/mol. The van der Waals surface area contributed by atoms with Gasteiger partial charge in [0.05, 0.1) is 28.0 Å². The number of benzene rings is 8. The molecule has 0 saturated carbocycles. The van der Waals surface area contributed by atoms with Gasteiger partial charge in [-0.3, -0.25) is 9.55 Å². The van der Waals surface area contributed by atoms with E-state index in [-0.39, 0.29) is 16.7 Å². The number of aromatic hydroxyl groups is 1. The highest BCUT2D eigenvalue weighted by molar-refractivity contribution is 5.98. The molecule has 0 aliphatic carbocycles. The van der Waals surface area contributed by atoms with Crippen LogP contribution in [0.3, 0.4) is 0 Å². The molecule has 0 unspecified atom stereocenters. The van der Waals surface area contributed by atoms with Gasteiger partial charge in [-0.15, -0.1) is 0 Å². The Bertz CT molecular complexity index is 3390. The lowest BCUT2D eigenvalue weighted by molar-refractivity contribution is 0.477. The monoisotopic (exact) mass is 816 g/mol. The number of hydrogen-bond donors (Lipinski definition) is 1. The van der Waals surface area contributed by atoms with Crippen molar-refractivity contribution in [2.24, 2.45) is 0 Å². The minimum absolute atomic E-state index is 0.0343. The van der Waals surface area contributed by atoms with E-state index in [4.69, 9.17) is 14.1 Å². The van der Waals surface area contributed by atoms with Gasteiger partial charge in [-0.2, -0.15) is 0 Å². The van der Waals surface area contributed by atoms with Crippen LogP contribution in [-0.2, 0) is 5.41 Å². The molecule has 0 aliphatic heterocycles. The molecule has 8 aromatic carbocycles. The molecule has 304 valence electrons. The Kier molecular flexibility index (Phi) is 9.24. The molecule has 2 aromatic heterocycles. The Morgan fingerprint density at radius 2 is 1.11 bits per heavy atom. The van der Waals surface area contributed by atoms with Crippen molar-refractivity contribution in [3.05, 3.63) is 218 Å². The Labute approximate surface area is 373 Å². The van der Waals surface area contributed by atoms with E-state index >= 15 is 0 Å². The van der Waals surface area contributed by atoms with Gasteiger partial charge in [0.15, 0.2) is 0 Å². The van der Waals surface area contributed by atoms with E-state index < -0.39 is 6.85 Å². The molecule has 10 aromatic rings. The third-order valence-corrected chi connectivity index (χ3v) is 11.8. The molecule has 0 amide bonds. The fourth-order valence-corrected chi connectivity index (χ4v) is 8.78. The average Bonchev–Trinajstić information content (AvgIpc) is 3.73. The Morgan fingerprint density at radius 3 is 1.83 bits per heavy atom. The van der Waals surface area contributed by atoms with Gasteiger partial charge in [-0.25, -0.2) is 4.98 Å². The van der Waals surface area contributed by atoms with E-state index in [1.165, 1.54) is 0 Å². The Hall–Kier alpha value is -7.82. The van der Waals surface area contributed by atoms with Gasteiger partial charge in [0.1, 0.15) is 11.6 Å². The molecule has 0 bridgehead atoms. The lowest BCUT2D eigenvalue weighted by atomic mass is 9.78. The van der Waals surface area contributed by atoms with Crippen LogP contribution in [0.15, 0.2) is 206 Å². The predicted molar refractivity (Wildman–Crippen MR) is 262 cm³/mol. The highest BCUT2D eigenvalue weighted by Crippen LogP contribution is 2.44. The second-order valence-corrected chi connectivity index (χ2v) is 17.0. The zero-order chi connectivity index (χ0) is 45.6. The number of imidazole rings is 1. The predicted octanol–water partition coefficient (Wildman–Crippen LogP) is 15.4. The molecule has 1 N–H and O–H groups in total. The van der Waals surface area contributed by atoms with Crippen molar-refractivity contribution in [2.45, 2.75) is 33.0 Å². The van der Waals surface area contributed by atoms with E-state index in [1.807, 2.05) is 114 Å². The van der Waals surface area contributed by atoms with Gasteiger partial charge in [0, 0.05) is 21.4 Å². The topological polar surface area (TPSA) is 50.9 Å². The number of para-hydroxylation sites is 2.